The number of anilines is 1. The molecule has 1 aliphatic heterocycles. The first kappa shape index (κ1) is 23.3. The van der Waals surface area contributed by atoms with Crippen LogP contribution in [0.25, 0.3) is 22.2 Å². The lowest BCUT2D eigenvalue weighted by Crippen LogP contribution is -2.49. The number of hydrogen-bond donors (Lipinski definition) is 1. The van der Waals surface area contributed by atoms with Crippen LogP contribution in [0.15, 0.2) is 66.9 Å². The van der Waals surface area contributed by atoms with Gasteiger partial charge in [0.25, 0.3) is 0 Å². The van der Waals surface area contributed by atoms with Gasteiger partial charge in [-0.2, -0.15) is 5.10 Å². The summed E-state index contributed by atoms with van der Waals surface area (Å²) in [5, 5.41) is 9.85. The van der Waals surface area contributed by atoms with E-state index in [0.29, 0.717) is 6.04 Å². The minimum Gasteiger partial charge on any atom is -0.379 e. The van der Waals surface area contributed by atoms with Crippen molar-refractivity contribution in [1.29, 1.82) is 0 Å². The fourth-order valence-electron chi connectivity index (χ4n) is 6.04. The van der Waals surface area contributed by atoms with Crippen LogP contribution in [-0.2, 0) is 13.6 Å². The van der Waals surface area contributed by atoms with Gasteiger partial charge in [0.05, 0.1) is 18.3 Å². The fourth-order valence-corrected chi connectivity index (χ4v) is 6.04. The van der Waals surface area contributed by atoms with Crippen LogP contribution >= 0.6 is 0 Å². The fraction of sp³-hybridized carbons (Fsp3) is 0.433. The van der Waals surface area contributed by atoms with Crippen LogP contribution < -0.4 is 5.32 Å². The van der Waals surface area contributed by atoms with Gasteiger partial charge in [0.2, 0.25) is 0 Å². The van der Waals surface area contributed by atoms with Gasteiger partial charge in [-0.05, 0) is 68.4 Å². The Bertz CT molecular complexity index is 1290. The summed E-state index contributed by atoms with van der Waals surface area (Å²) in [5.41, 5.74) is 5.92. The number of aryl methyl sites for hydroxylation is 1. The van der Waals surface area contributed by atoms with Crippen LogP contribution in [-0.4, -0.2) is 63.4 Å². The van der Waals surface area contributed by atoms with Gasteiger partial charge in [-0.1, -0.05) is 30.3 Å². The van der Waals surface area contributed by atoms with E-state index in [1.165, 1.54) is 74.0 Å². The average Bonchev–Trinajstić information content (AvgIpc) is 3.54. The van der Waals surface area contributed by atoms with Gasteiger partial charge in [-0.3, -0.25) is 9.58 Å². The molecule has 2 aliphatic rings. The van der Waals surface area contributed by atoms with Crippen molar-refractivity contribution in [2.75, 3.05) is 38.5 Å². The third kappa shape index (κ3) is 4.80. The smallest absolute Gasteiger partial charge is 0.0923 e. The standard InChI is InChI=1S/C30H38N6/c1-33-17-19-35(20-18-33)26-11-13-27(14-12-26)36-16-15-29(32-36)23-7-9-25(10-8-23)31-22-28-21-24-5-3-4-6-30(24)34(28)2/h3-10,15-16,21,26-27,31H,11-14,17-20,22H2,1-2H3. The van der Waals surface area contributed by atoms with Gasteiger partial charge in [0.15, 0.2) is 0 Å². The van der Waals surface area contributed by atoms with E-state index >= 15 is 0 Å². The second kappa shape index (κ2) is 10.1. The number of nitrogens with one attached hydrogen (secondary N) is 1. The molecule has 3 heterocycles. The number of aromatic nitrogens is 3. The first-order chi connectivity index (χ1) is 17.6. The lowest BCUT2D eigenvalue weighted by molar-refractivity contribution is 0.0811. The number of nitrogens with zero attached hydrogens (tertiary/aromatic N) is 5. The highest BCUT2D eigenvalue weighted by molar-refractivity contribution is 5.81. The Kier molecular flexibility index (Phi) is 6.55. The molecule has 0 unspecified atom stereocenters. The molecular weight excluding hydrogens is 444 g/mol. The molecule has 2 aromatic heterocycles. The molecule has 0 amide bonds. The second-order valence-electron chi connectivity index (χ2n) is 10.7. The zero-order valence-corrected chi connectivity index (χ0v) is 21.6. The molecule has 4 aromatic rings. The number of hydrogen-bond acceptors (Lipinski definition) is 4. The summed E-state index contributed by atoms with van der Waals surface area (Å²) in [5.74, 6) is 0. The Labute approximate surface area is 214 Å². The topological polar surface area (TPSA) is 41.3 Å². The number of para-hydroxylation sites is 1. The number of piperazine rings is 1. The lowest BCUT2D eigenvalue weighted by atomic mass is 9.90. The summed E-state index contributed by atoms with van der Waals surface area (Å²) in [4.78, 5) is 5.17. The highest BCUT2D eigenvalue weighted by atomic mass is 15.3. The number of benzene rings is 2. The minimum absolute atomic E-state index is 0.532. The van der Waals surface area contributed by atoms with E-state index in [-0.39, 0.29) is 0 Å². The second-order valence-corrected chi connectivity index (χ2v) is 10.7. The Morgan fingerprint density at radius 2 is 1.56 bits per heavy atom. The third-order valence-corrected chi connectivity index (χ3v) is 8.41. The zero-order valence-electron chi connectivity index (χ0n) is 21.6. The van der Waals surface area contributed by atoms with Gasteiger partial charge in [-0.15, -0.1) is 0 Å². The molecule has 2 aromatic carbocycles. The Hall–Kier alpha value is -3.09. The van der Waals surface area contributed by atoms with Crippen LogP contribution in [0.4, 0.5) is 5.69 Å². The van der Waals surface area contributed by atoms with Gasteiger partial charge >= 0.3 is 0 Å². The molecule has 6 heteroatoms. The van der Waals surface area contributed by atoms with E-state index < -0.39 is 0 Å². The molecule has 0 bridgehead atoms. The average molecular weight is 483 g/mol. The van der Waals surface area contributed by atoms with E-state index in [1.54, 1.807) is 0 Å². The van der Waals surface area contributed by atoms with Crippen molar-refractivity contribution < 1.29 is 0 Å². The zero-order chi connectivity index (χ0) is 24.5. The maximum atomic E-state index is 4.98. The largest absolute Gasteiger partial charge is 0.379 e. The minimum atomic E-state index is 0.532. The normalized spacial score (nSPS) is 21.7. The van der Waals surface area contributed by atoms with Crippen molar-refractivity contribution in [1.82, 2.24) is 24.1 Å². The van der Waals surface area contributed by atoms with E-state index in [0.717, 1.165) is 24.0 Å². The Morgan fingerprint density at radius 3 is 2.31 bits per heavy atom. The van der Waals surface area contributed by atoms with Gasteiger partial charge in [0, 0.05) is 67.9 Å². The van der Waals surface area contributed by atoms with Crippen molar-refractivity contribution in [2.45, 2.75) is 44.3 Å². The van der Waals surface area contributed by atoms with Crippen LogP contribution in [0, 0.1) is 0 Å². The van der Waals surface area contributed by atoms with E-state index in [2.05, 4.69) is 105 Å². The first-order valence-corrected chi connectivity index (χ1v) is 13.5. The monoisotopic (exact) mass is 482 g/mol. The van der Waals surface area contributed by atoms with Gasteiger partial charge in [-0.25, -0.2) is 0 Å². The molecule has 188 valence electrons. The number of fused-ring (bicyclic) bond motifs is 1. The van der Waals surface area contributed by atoms with Gasteiger partial charge in [0.1, 0.15) is 0 Å². The molecule has 2 fully saturated rings. The highest BCUT2D eigenvalue weighted by Crippen LogP contribution is 2.32. The summed E-state index contributed by atoms with van der Waals surface area (Å²) in [6, 6.07) is 23.0. The number of likely N-dealkylation sites (N-methyl/N-ethyl adjacent to an activating group) is 1. The van der Waals surface area contributed by atoms with Crippen molar-refractivity contribution in [3.8, 4) is 11.3 Å². The molecule has 1 aliphatic carbocycles. The molecule has 0 atom stereocenters. The predicted molar refractivity (Wildman–Crippen MR) is 148 cm³/mol. The lowest BCUT2D eigenvalue weighted by Gasteiger charge is -2.41. The maximum Gasteiger partial charge on any atom is 0.0923 e. The third-order valence-electron chi connectivity index (χ3n) is 8.41. The van der Waals surface area contributed by atoms with Crippen molar-refractivity contribution in [3.63, 3.8) is 0 Å². The van der Waals surface area contributed by atoms with E-state index in [4.69, 9.17) is 5.10 Å². The molecule has 36 heavy (non-hydrogen) atoms. The molecule has 1 saturated carbocycles. The molecule has 6 rings (SSSR count). The highest BCUT2D eigenvalue weighted by Gasteiger charge is 2.28. The SMILES string of the molecule is CN1CCN(C2CCC(n3ccc(-c4ccc(NCc5cc6ccccc6n5C)cc4)n3)CC2)CC1. The molecule has 6 nitrogen and oxygen atoms in total. The summed E-state index contributed by atoms with van der Waals surface area (Å²) >= 11 is 0. The molecule has 1 N–H and O–H groups in total. The molecule has 1 saturated heterocycles. The van der Waals surface area contributed by atoms with Gasteiger partial charge < -0.3 is 14.8 Å². The van der Waals surface area contributed by atoms with Crippen molar-refractivity contribution in [3.05, 3.63) is 72.6 Å². The molecule has 0 radical (unpaired) electrons. The first-order valence-electron chi connectivity index (χ1n) is 13.5. The van der Waals surface area contributed by atoms with Crippen LogP contribution in [0.5, 0.6) is 0 Å². The predicted octanol–water partition coefficient (Wildman–Crippen LogP) is 5.39. The maximum absolute atomic E-state index is 4.98. The Balaban J connectivity index is 1.04. The van der Waals surface area contributed by atoms with Crippen LogP contribution in [0.2, 0.25) is 0 Å². The van der Waals surface area contributed by atoms with E-state index in [9.17, 15) is 0 Å². The summed E-state index contributed by atoms with van der Waals surface area (Å²) in [7, 11) is 4.37. The molecule has 0 spiro atoms. The quantitative estimate of drug-likeness (QED) is 0.400. The van der Waals surface area contributed by atoms with Crippen LogP contribution in [0.1, 0.15) is 37.4 Å². The van der Waals surface area contributed by atoms with E-state index in [1.807, 2.05) is 0 Å². The molecular formula is C30H38N6. The number of rotatable bonds is 6. The summed E-state index contributed by atoms with van der Waals surface area (Å²) in [6.45, 7) is 5.67. The van der Waals surface area contributed by atoms with Crippen molar-refractivity contribution in [2.24, 2.45) is 7.05 Å². The summed E-state index contributed by atoms with van der Waals surface area (Å²) < 4.78 is 4.49. The van der Waals surface area contributed by atoms with Crippen LogP contribution in [0.3, 0.4) is 0 Å². The summed E-state index contributed by atoms with van der Waals surface area (Å²) in [6.07, 6.45) is 7.23. The Morgan fingerprint density at radius 1 is 0.833 bits per heavy atom. The van der Waals surface area contributed by atoms with Crippen molar-refractivity contribution >= 4 is 16.6 Å².